The summed E-state index contributed by atoms with van der Waals surface area (Å²) in [5.41, 5.74) is 1.82. The zero-order valence-electron chi connectivity index (χ0n) is 13.6. The van der Waals surface area contributed by atoms with Gasteiger partial charge in [0.15, 0.2) is 5.82 Å². The third-order valence-electron chi connectivity index (χ3n) is 3.02. The zero-order valence-corrected chi connectivity index (χ0v) is 13.6. The number of amides is 1. The lowest BCUT2D eigenvalue weighted by molar-refractivity contribution is 0.102. The molecule has 4 nitrogen and oxygen atoms in total. The molecule has 0 fully saturated rings. The van der Waals surface area contributed by atoms with Crippen molar-refractivity contribution in [1.29, 1.82) is 0 Å². The maximum absolute atomic E-state index is 12.1. The Kier molecular flexibility index (Phi) is 6.66. The highest BCUT2D eigenvalue weighted by molar-refractivity contribution is 6.03. The summed E-state index contributed by atoms with van der Waals surface area (Å²) in [4.78, 5) is 12.1. The van der Waals surface area contributed by atoms with Gasteiger partial charge < -0.3 is 5.32 Å². The average molecular weight is 287 g/mol. The van der Waals surface area contributed by atoms with E-state index in [9.17, 15) is 4.79 Å². The van der Waals surface area contributed by atoms with Crippen molar-refractivity contribution in [2.24, 2.45) is 0 Å². The van der Waals surface area contributed by atoms with Crippen molar-refractivity contribution in [3.05, 3.63) is 47.7 Å². The first-order valence-corrected chi connectivity index (χ1v) is 7.55. The van der Waals surface area contributed by atoms with E-state index in [2.05, 4.69) is 24.3 Å². The van der Waals surface area contributed by atoms with Crippen molar-refractivity contribution in [1.82, 2.24) is 9.78 Å². The maximum Gasteiger partial charge on any atom is 0.256 e. The number of rotatable bonds is 4. The molecule has 0 spiro atoms. The van der Waals surface area contributed by atoms with Gasteiger partial charge in [0.05, 0.1) is 0 Å². The third kappa shape index (κ3) is 4.74. The van der Waals surface area contributed by atoms with Gasteiger partial charge in [0.2, 0.25) is 0 Å². The smallest absolute Gasteiger partial charge is 0.256 e. The topological polar surface area (TPSA) is 46.9 Å². The quantitative estimate of drug-likeness (QED) is 0.911. The van der Waals surface area contributed by atoms with Crippen LogP contribution in [0.3, 0.4) is 0 Å². The Morgan fingerprint density at radius 3 is 2.57 bits per heavy atom. The van der Waals surface area contributed by atoms with Crippen LogP contribution < -0.4 is 5.32 Å². The highest BCUT2D eigenvalue weighted by Crippen LogP contribution is 2.16. The van der Waals surface area contributed by atoms with Gasteiger partial charge in [0, 0.05) is 24.4 Å². The molecule has 2 aromatic rings. The maximum atomic E-state index is 12.1. The predicted octanol–water partition coefficient (Wildman–Crippen LogP) is 4.30. The molecule has 1 aromatic heterocycles. The second-order valence-corrected chi connectivity index (χ2v) is 4.79. The SMILES string of the molecule is CC.CCn1ccc(NC(=O)c2cccc(C(C)C)c2)n1. The van der Waals surface area contributed by atoms with Gasteiger partial charge in [-0.1, -0.05) is 39.8 Å². The van der Waals surface area contributed by atoms with Gasteiger partial charge in [0.1, 0.15) is 0 Å². The van der Waals surface area contributed by atoms with Crippen LogP contribution in [0.2, 0.25) is 0 Å². The van der Waals surface area contributed by atoms with Crippen LogP contribution in [0.5, 0.6) is 0 Å². The van der Waals surface area contributed by atoms with E-state index in [0.29, 0.717) is 17.3 Å². The number of hydrogen-bond acceptors (Lipinski definition) is 2. The van der Waals surface area contributed by atoms with Gasteiger partial charge in [-0.25, -0.2) is 0 Å². The van der Waals surface area contributed by atoms with E-state index in [0.717, 1.165) is 12.1 Å². The number of hydrogen-bond donors (Lipinski definition) is 1. The standard InChI is InChI=1S/C15H19N3O.C2H6/c1-4-18-9-8-14(17-18)16-15(19)13-7-5-6-12(10-13)11(2)3;1-2/h5-11H,4H2,1-3H3,(H,16,17,19);1-2H3. The molecular formula is C17H25N3O. The monoisotopic (exact) mass is 287 g/mol. The Hall–Kier alpha value is -2.10. The van der Waals surface area contributed by atoms with Crippen molar-refractivity contribution in [3.63, 3.8) is 0 Å². The molecule has 21 heavy (non-hydrogen) atoms. The number of carbonyl (C=O) groups is 1. The molecule has 0 radical (unpaired) electrons. The van der Waals surface area contributed by atoms with Crippen molar-refractivity contribution >= 4 is 11.7 Å². The second-order valence-electron chi connectivity index (χ2n) is 4.79. The molecule has 1 heterocycles. The van der Waals surface area contributed by atoms with Crippen LogP contribution in [0.15, 0.2) is 36.5 Å². The molecular weight excluding hydrogens is 262 g/mol. The number of anilines is 1. The zero-order chi connectivity index (χ0) is 15.8. The fraction of sp³-hybridized carbons (Fsp3) is 0.412. The summed E-state index contributed by atoms with van der Waals surface area (Å²) in [5, 5.41) is 7.04. The minimum atomic E-state index is -0.121. The Morgan fingerprint density at radius 2 is 2.00 bits per heavy atom. The van der Waals surface area contributed by atoms with E-state index >= 15 is 0 Å². The van der Waals surface area contributed by atoms with E-state index in [-0.39, 0.29) is 5.91 Å². The summed E-state index contributed by atoms with van der Waals surface area (Å²) in [5.74, 6) is 0.873. The molecule has 1 N–H and O–H groups in total. The van der Waals surface area contributed by atoms with Gasteiger partial charge in [-0.3, -0.25) is 9.48 Å². The predicted molar refractivity (Wildman–Crippen MR) is 87.7 cm³/mol. The first-order valence-electron chi connectivity index (χ1n) is 7.55. The highest BCUT2D eigenvalue weighted by Gasteiger charge is 2.09. The Morgan fingerprint density at radius 1 is 1.29 bits per heavy atom. The van der Waals surface area contributed by atoms with Gasteiger partial charge in [-0.05, 0) is 30.5 Å². The van der Waals surface area contributed by atoms with E-state index < -0.39 is 0 Å². The third-order valence-corrected chi connectivity index (χ3v) is 3.02. The van der Waals surface area contributed by atoms with Crippen LogP contribution in [0.4, 0.5) is 5.82 Å². The molecule has 0 saturated heterocycles. The first-order chi connectivity index (χ1) is 10.1. The summed E-state index contributed by atoms with van der Waals surface area (Å²) in [6, 6.07) is 9.49. The molecule has 114 valence electrons. The minimum Gasteiger partial charge on any atom is -0.305 e. The number of nitrogens with one attached hydrogen (secondary N) is 1. The molecule has 0 aliphatic heterocycles. The van der Waals surface area contributed by atoms with E-state index in [1.807, 2.05) is 51.2 Å². The molecule has 1 amide bonds. The van der Waals surface area contributed by atoms with Gasteiger partial charge in [-0.2, -0.15) is 5.10 Å². The molecule has 4 heteroatoms. The Balaban J connectivity index is 0.00000106. The number of benzene rings is 1. The summed E-state index contributed by atoms with van der Waals surface area (Å²) >= 11 is 0. The largest absolute Gasteiger partial charge is 0.305 e. The lowest BCUT2D eigenvalue weighted by Crippen LogP contribution is -2.13. The molecule has 0 saturated carbocycles. The highest BCUT2D eigenvalue weighted by atomic mass is 16.1. The lowest BCUT2D eigenvalue weighted by Gasteiger charge is -2.07. The number of aryl methyl sites for hydroxylation is 1. The summed E-state index contributed by atoms with van der Waals surface area (Å²) < 4.78 is 1.78. The number of aromatic nitrogens is 2. The van der Waals surface area contributed by atoms with Crippen LogP contribution in [-0.2, 0) is 6.54 Å². The van der Waals surface area contributed by atoms with Crippen LogP contribution in [0.1, 0.15) is 56.5 Å². The number of carbonyl (C=O) groups excluding carboxylic acids is 1. The van der Waals surface area contributed by atoms with Crippen molar-refractivity contribution in [3.8, 4) is 0 Å². The van der Waals surface area contributed by atoms with Crippen LogP contribution in [0, 0.1) is 0 Å². The second kappa shape index (κ2) is 8.25. The Bertz CT molecular complexity index is 573. The van der Waals surface area contributed by atoms with Gasteiger partial charge in [0.25, 0.3) is 5.91 Å². The molecule has 1 aromatic carbocycles. The fourth-order valence-corrected chi connectivity index (χ4v) is 1.83. The van der Waals surface area contributed by atoms with Gasteiger partial charge in [-0.15, -0.1) is 0 Å². The van der Waals surface area contributed by atoms with Crippen LogP contribution in [0.25, 0.3) is 0 Å². The average Bonchev–Trinajstić information content (AvgIpc) is 2.97. The van der Waals surface area contributed by atoms with Gasteiger partial charge >= 0.3 is 0 Å². The van der Waals surface area contributed by atoms with Crippen molar-refractivity contribution in [2.45, 2.75) is 47.1 Å². The molecule has 0 atom stereocenters. The molecule has 2 rings (SSSR count). The van der Waals surface area contributed by atoms with E-state index in [1.165, 1.54) is 0 Å². The molecule has 0 unspecified atom stereocenters. The lowest BCUT2D eigenvalue weighted by atomic mass is 10.0. The molecule has 0 aliphatic carbocycles. The summed E-state index contributed by atoms with van der Waals surface area (Å²) in [7, 11) is 0. The molecule has 0 aliphatic rings. The summed E-state index contributed by atoms with van der Waals surface area (Å²) in [6.07, 6.45) is 1.85. The van der Waals surface area contributed by atoms with E-state index in [4.69, 9.17) is 0 Å². The van der Waals surface area contributed by atoms with Crippen molar-refractivity contribution in [2.75, 3.05) is 5.32 Å². The normalized spacial score (nSPS) is 10.0. The molecule has 0 bridgehead atoms. The first kappa shape index (κ1) is 17.0. The van der Waals surface area contributed by atoms with E-state index in [1.54, 1.807) is 10.7 Å². The van der Waals surface area contributed by atoms with Crippen LogP contribution in [-0.4, -0.2) is 15.7 Å². The fourth-order valence-electron chi connectivity index (χ4n) is 1.83. The Labute approximate surface area is 127 Å². The minimum absolute atomic E-state index is 0.121. The number of nitrogens with zero attached hydrogens (tertiary/aromatic N) is 2. The van der Waals surface area contributed by atoms with Crippen molar-refractivity contribution < 1.29 is 4.79 Å². The van der Waals surface area contributed by atoms with Crippen LogP contribution >= 0.6 is 0 Å². The summed E-state index contributed by atoms with van der Waals surface area (Å²) in [6.45, 7) is 11.0.